The monoisotopic (exact) mass is 435 g/mol. The van der Waals surface area contributed by atoms with Crippen molar-refractivity contribution in [3.8, 4) is 11.5 Å². The van der Waals surface area contributed by atoms with E-state index in [9.17, 15) is 9.59 Å². The highest BCUT2D eigenvalue weighted by molar-refractivity contribution is 7.20. The normalized spacial score (nSPS) is 10.8. The highest BCUT2D eigenvalue weighted by Crippen LogP contribution is 2.30. The third-order valence-electron chi connectivity index (χ3n) is 4.93. The van der Waals surface area contributed by atoms with Gasteiger partial charge in [0.2, 0.25) is 0 Å². The Balaban J connectivity index is 1.67. The zero-order valence-corrected chi connectivity index (χ0v) is 18.2. The maximum absolute atomic E-state index is 13.1. The van der Waals surface area contributed by atoms with E-state index in [0.717, 1.165) is 5.56 Å². The van der Waals surface area contributed by atoms with Crippen LogP contribution in [0.3, 0.4) is 0 Å². The summed E-state index contributed by atoms with van der Waals surface area (Å²) in [5.41, 5.74) is 1.99. The third kappa shape index (κ3) is 4.15. The first kappa shape index (κ1) is 20.6. The van der Waals surface area contributed by atoms with E-state index >= 15 is 0 Å². The summed E-state index contributed by atoms with van der Waals surface area (Å²) in [5, 5.41) is 3.33. The molecular weight excluding hydrogens is 414 g/mol. The fraction of sp³-hybridized carbons (Fsp3) is 0.174. The Labute approximate surface area is 182 Å². The summed E-state index contributed by atoms with van der Waals surface area (Å²) in [5.74, 6) is 0.811. The lowest BCUT2D eigenvalue weighted by Gasteiger charge is -2.09. The van der Waals surface area contributed by atoms with Gasteiger partial charge >= 0.3 is 0 Å². The number of benzene rings is 2. The van der Waals surface area contributed by atoms with E-state index in [4.69, 9.17) is 9.47 Å². The largest absolute Gasteiger partial charge is 0.497 e. The number of methoxy groups -OCH3 is 2. The van der Waals surface area contributed by atoms with Gasteiger partial charge in [0.05, 0.1) is 37.4 Å². The summed E-state index contributed by atoms with van der Waals surface area (Å²) in [6.07, 6.45) is 1.53. The first-order valence-corrected chi connectivity index (χ1v) is 10.4. The summed E-state index contributed by atoms with van der Waals surface area (Å²) in [6.45, 7) is 2.19. The fourth-order valence-corrected chi connectivity index (χ4v) is 4.37. The number of fused-ring (bicyclic) bond motifs is 1. The number of nitrogens with zero attached hydrogens (tertiary/aromatic N) is 2. The van der Waals surface area contributed by atoms with E-state index < -0.39 is 0 Å². The van der Waals surface area contributed by atoms with Crippen LogP contribution in [0.2, 0.25) is 0 Å². The number of anilines is 1. The lowest BCUT2D eigenvalue weighted by atomic mass is 10.2. The first-order chi connectivity index (χ1) is 15.0. The molecule has 0 unspecified atom stereocenters. The second-order valence-electron chi connectivity index (χ2n) is 6.96. The minimum Gasteiger partial charge on any atom is -0.497 e. The minimum absolute atomic E-state index is 0.162. The van der Waals surface area contributed by atoms with Gasteiger partial charge in [-0.15, -0.1) is 11.3 Å². The number of aryl methyl sites for hydroxylation is 1. The molecule has 2 heterocycles. The van der Waals surface area contributed by atoms with Gasteiger partial charge < -0.3 is 14.8 Å². The van der Waals surface area contributed by atoms with Crippen molar-refractivity contribution in [1.82, 2.24) is 9.55 Å². The third-order valence-corrected chi connectivity index (χ3v) is 6.13. The summed E-state index contributed by atoms with van der Waals surface area (Å²) in [4.78, 5) is 31.5. The summed E-state index contributed by atoms with van der Waals surface area (Å²) < 4.78 is 12.1. The number of nitrogens with one attached hydrogen (secondary N) is 1. The van der Waals surface area contributed by atoms with E-state index in [-0.39, 0.29) is 11.5 Å². The molecule has 0 aliphatic carbocycles. The second-order valence-corrected chi connectivity index (χ2v) is 7.95. The number of amides is 1. The van der Waals surface area contributed by atoms with Crippen LogP contribution in [0.15, 0.2) is 59.7 Å². The molecule has 8 heteroatoms. The smallest absolute Gasteiger partial charge is 0.266 e. The maximum Gasteiger partial charge on any atom is 0.266 e. The number of rotatable bonds is 6. The van der Waals surface area contributed by atoms with Gasteiger partial charge in [-0.3, -0.25) is 14.2 Å². The van der Waals surface area contributed by atoms with Crippen LogP contribution in [-0.4, -0.2) is 29.7 Å². The zero-order valence-electron chi connectivity index (χ0n) is 17.3. The SMILES string of the molecule is COc1cc(NC(=O)c2sc3ncn(Cc4ccccc4)c(=O)c3c2C)cc(OC)c1. The molecule has 0 aliphatic heterocycles. The van der Waals surface area contributed by atoms with Crippen molar-refractivity contribution >= 4 is 33.1 Å². The Bertz CT molecular complexity index is 1290. The molecule has 31 heavy (non-hydrogen) atoms. The fourth-order valence-electron chi connectivity index (χ4n) is 3.34. The van der Waals surface area contributed by atoms with Gasteiger partial charge in [0, 0.05) is 23.9 Å². The summed E-state index contributed by atoms with van der Waals surface area (Å²) >= 11 is 1.20. The van der Waals surface area contributed by atoms with Crippen LogP contribution in [0.1, 0.15) is 20.8 Å². The Kier molecular flexibility index (Phi) is 5.73. The van der Waals surface area contributed by atoms with Crippen LogP contribution in [0.5, 0.6) is 11.5 Å². The van der Waals surface area contributed by atoms with Crippen LogP contribution in [-0.2, 0) is 6.54 Å². The van der Waals surface area contributed by atoms with Crippen molar-refractivity contribution in [3.05, 3.63) is 81.2 Å². The minimum atomic E-state index is -0.315. The summed E-state index contributed by atoms with van der Waals surface area (Å²) in [6, 6.07) is 14.8. The molecule has 4 rings (SSSR count). The number of thiophene rings is 1. The highest BCUT2D eigenvalue weighted by Gasteiger charge is 2.20. The molecule has 0 bridgehead atoms. The van der Waals surface area contributed by atoms with Crippen LogP contribution < -0.4 is 20.3 Å². The number of hydrogen-bond donors (Lipinski definition) is 1. The Morgan fingerprint density at radius 1 is 1.10 bits per heavy atom. The van der Waals surface area contributed by atoms with Gasteiger partial charge in [-0.1, -0.05) is 30.3 Å². The van der Waals surface area contributed by atoms with Gasteiger partial charge in [-0.05, 0) is 18.1 Å². The molecule has 0 saturated heterocycles. The lowest BCUT2D eigenvalue weighted by molar-refractivity contribution is 0.103. The van der Waals surface area contributed by atoms with E-state index in [1.54, 1.807) is 43.9 Å². The van der Waals surface area contributed by atoms with E-state index in [1.807, 2.05) is 30.3 Å². The predicted octanol–water partition coefficient (Wildman–Crippen LogP) is 4.08. The topological polar surface area (TPSA) is 82.5 Å². The molecule has 0 fully saturated rings. The van der Waals surface area contributed by atoms with Gasteiger partial charge in [0.1, 0.15) is 16.3 Å². The van der Waals surface area contributed by atoms with Crippen molar-refractivity contribution in [2.24, 2.45) is 0 Å². The van der Waals surface area contributed by atoms with Gasteiger partial charge in [-0.25, -0.2) is 4.98 Å². The number of hydrogen-bond acceptors (Lipinski definition) is 6. The number of ether oxygens (including phenoxy) is 2. The Hall–Kier alpha value is -3.65. The van der Waals surface area contributed by atoms with E-state index in [0.29, 0.717) is 44.4 Å². The molecule has 0 atom stereocenters. The average molecular weight is 436 g/mol. The summed E-state index contributed by atoms with van der Waals surface area (Å²) in [7, 11) is 3.09. The molecule has 7 nitrogen and oxygen atoms in total. The van der Waals surface area contributed by atoms with Crippen LogP contribution in [0.4, 0.5) is 5.69 Å². The molecule has 2 aromatic heterocycles. The molecule has 0 aliphatic rings. The second kappa shape index (κ2) is 8.61. The van der Waals surface area contributed by atoms with Gasteiger partial charge in [0.15, 0.2) is 0 Å². The molecule has 0 saturated carbocycles. The van der Waals surface area contributed by atoms with Crippen molar-refractivity contribution < 1.29 is 14.3 Å². The Morgan fingerprint density at radius 3 is 2.42 bits per heavy atom. The van der Waals surface area contributed by atoms with Crippen molar-refractivity contribution in [1.29, 1.82) is 0 Å². The average Bonchev–Trinajstić information content (AvgIpc) is 3.13. The lowest BCUT2D eigenvalue weighted by Crippen LogP contribution is -2.21. The first-order valence-electron chi connectivity index (χ1n) is 9.57. The van der Waals surface area contributed by atoms with Crippen molar-refractivity contribution in [2.45, 2.75) is 13.5 Å². The molecule has 4 aromatic rings. The number of carbonyl (C=O) groups is 1. The number of aromatic nitrogens is 2. The molecule has 0 spiro atoms. The highest BCUT2D eigenvalue weighted by atomic mass is 32.1. The molecule has 158 valence electrons. The van der Waals surface area contributed by atoms with E-state index in [1.165, 1.54) is 17.7 Å². The van der Waals surface area contributed by atoms with E-state index in [2.05, 4.69) is 10.3 Å². The predicted molar refractivity (Wildman–Crippen MR) is 122 cm³/mol. The zero-order chi connectivity index (χ0) is 22.0. The number of carbonyl (C=O) groups excluding carboxylic acids is 1. The maximum atomic E-state index is 13.1. The van der Waals surface area contributed by atoms with Crippen LogP contribution in [0, 0.1) is 6.92 Å². The molecule has 1 amide bonds. The molecule has 2 aromatic carbocycles. The van der Waals surface area contributed by atoms with Gasteiger partial charge in [-0.2, -0.15) is 0 Å². The van der Waals surface area contributed by atoms with Gasteiger partial charge in [0.25, 0.3) is 11.5 Å². The van der Waals surface area contributed by atoms with Crippen molar-refractivity contribution in [2.75, 3.05) is 19.5 Å². The van der Waals surface area contributed by atoms with Crippen LogP contribution in [0.25, 0.3) is 10.2 Å². The Morgan fingerprint density at radius 2 is 1.77 bits per heavy atom. The van der Waals surface area contributed by atoms with Crippen molar-refractivity contribution in [3.63, 3.8) is 0 Å². The molecule has 0 radical (unpaired) electrons. The molecule has 1 N–H and O–H groups in total. The standard InChI is InChI=1S/C23H21N3O4S/c1-14-19-22(24-13-26(23(19)28)12-15-7-5-4-6-8-15)31-20(14)21(27)25-16-9-17(29-2)11-18(10-16)30-3/h4-11,13H,12H2,1-3H3,(H,25,27). The van der Waals surface area contributed by atoms with Crippen LogP contribution >= 0.6 is 11.3 Å². The quantitative estimate of drug-likeness (QED) is 0.493. The molecular formula is C23H21N3O4S.